The predicted octanol–water partition coefficient (Wildman–Crippen LogP) is 3.86. The third-order valence-electron chi connectivity index (χ3n) is 2.27. The molecule has 0 aromatic rings. The fourth-order valence-electron chi connectivity index (χ4n) is 1.50. The van der Waals surface area contributed by atoms with Crippen molar-refractivity contribution in [2.24, 2.45) is 5.92 Å². The molecule has 1 nitrogen and oxygen atoms in total. The molecule has 0 amide bonds. The van der Waals surface area contributed by atoms with Crippen molar-refractivity contribution in [2.75, 3.05) is 6.61 Å². The zero-order valence-electron chi connectivity index (χ0n) is 9.73. The molecule has 0 saturated heterocycles. The topological polar surface area (TPSA) is 9.23 Å². The zero-order valence-corrected chi connectivity index (χ0v) is 10.7. The van der Waals surface area contributed by atoms with Gasteiger partial charge in [-0.05, 0) is 31.9 Å². The van der Waals surface area contributed by atoms with Gasteiger partial charge < -0.3 is 4.43 Å². The molecule has 0 fully saturated rings. The van der Waals surface area contributed by atoms with Crippen LogP contribution in [0.15, 0.2) is 0 Å². The molecule has 13 heavy (non-hydrogen) atoms. The summed E-state index contributed by atoms with van der Waals surface area (Å²) in [5.74, 6) is 0.824. The SMILES string of the molecule is CCCCC(CCC)CO[Si](C)C. The maximum absolute atomic E-state index is 5.76. The molecule has 0 aromatic heterocycles. The van der Waals surface area contributed by atoms with E-state index in [9.17, 15) is 0 Å². The Bertz CT molecular complexity index is 104. The Morgan fingerprint density at radius 1 is 1.08 bits per heavy atom. The Morgan fingerprint density at radius 3 is 2.23 bits per heavy atom. The van der Waals surface area contributed by atoms with Crippen LogP contribution < -0.4 is 0 Å². The Morgan fingerprint density at radius 2 is 1.77 bits per heavy atom. The van der Waals surface area contributed by atoms with Gasteiger partial charge in [0.15, 0.2) is 0 Å². The van der Waals surface area contributed by atoms with Crippen LogP contribution in [0.2, 0.25) is 13.1 Å². The first-order valence-electron chi connectivity index (χ1n) is 5.63. The van der Waals surface area contributed by atoms with Gasteiger partial charge in [0.2, 0.25) is 9.04 Å². The van der Waals surface area contributed by atoms with E-state index < -0.39 is 9.04 Å². The summed E-state index contributed by atoms with van der Waals surface area (Å²) in [4.78, 5) is 0. The third-order valence-corrected chi connectivity index (χ3v) is 3.01. The number of hydrogen-bond acceptors (Lipinski definition) is 1. The molecule has 1 atom stereocenters. The summed E-state index contributed by atoms with van der Waals surface area (Å²) in [5.41, 5.74) is 0. The predicted molar refractivity (Wildman–Crippen MR) is 61.4 cm³/mol. The molecule has 2 heteroatoms. The van der Waals surface area contributed by atoms with Gasteiger partial charge in [-0.3, -0.25) is 0 Å². The molecule has 0 bridgehead atoms. The fourth-order valence-corrected chi connectivity index (χ4v) is 2.07. The lowest BCUT2D eigenvalue weighted by Gasteiger charge is -2.17. The van der Waals surface area contributed by atoms with Crippen LogP contribution in [0.3, 0.4) is 0 Å². The zero-order chi connectivity index (χ0) is 10.1. The van der Waals surface area contributed by atoms with Crippen LogP contribution in [0.5, 0.6) is 0 Å². The minimum Gasteiger partial charge on any atom is -0.417 e. The van der Waals surface area contributed by atoms with Crippen LogP contribution in [0.4, 0.5) is 0 Å². The lowest BCUT2D eigenvalue weighted by atomic mass is 9.98. The highest BCUT2D eigenvalue weighted by atomic mass is 28.3. The van der Waals surface area contributed by atoms with Gasteiger partial charge in [0.25, 0.3) is 0 Å². The van der Waals surface area contributed by atoms with Crippen molar-refractivity contribution in [2.45, 2.75) is 59.0 Å². The standard InChI is InChI=1S/C11H25OSi/c1-5-7-9-11(8-6-2)10-12-13(3)4/h11H,5-10H2,1-4H3. The van der Waals surface area contributed by atoms with Crippen LogP contribution in [-0.2, 0) is 4.43 Å². The molecule has 0 spiro atoms. The molecular weight excluding hydrogens is 176 g/mol. The summed E-state index contributed by atoms with van der Waals surface area (Å²) in [7, 11) is -0.472. The van der Waals surface area contributed by atoms with E-state index in [4.69, 9.17) is 4.43 Å². The Kier molecular flexibility index (Phi) is 8.88. The smallest absolute Gasteiger partial charge is 0.204 e. The first-order chi connectivity index (χ1) is 6.20. The van der Waals surface area contributed by atoms with Gasteiger partial charge in [-0.15, -0.1) is 0 Å². The second kappa shape index (κ2) is 8.76. The highest BCUT2D eigenvalue weighted by Gasteiger charge is 2.08. The molecule has 0 aliphatic rings. The lowest BCUT2D eigenvalue weighted by molar-refractivity contribution is 0.231. The van der Waals surface area contributed by atoms with Gasteiger partial charge in [-0.25, -0.2) is 0 Å². The molecule has 0 saturated carbocycles. The van der Waals surface area contributed by atoms with Gasteiger partial charge >= 0.3 is 0 Å². The average Bonchev–Trinajstić information content (AvgIpc) is 2.09. The van der Waals surface area contributed by atoms with E-state index in [1.54, 1.807) is 0 Å². The van der Waals surface area contributed by atoms with Crippen molar-refractivity contribution in [3.8, 4) is 0 Å². The van der Waals surface area contributed by atoms with E-state index >= 15 is 0 Å². The maximum Gasteiger partial charge on any atom is 0.204 e. The van der Waals surface area contributed by atoms with Crippen molar-refractivity contribution < 1.29 is 4.43 Å². The van der Waals surface area contributed by atoms with Crippen LogP contribution in [0.1, 0.15) is 46.0 Å². The normalized spacial score (nSPS) is 13.6. The number of unbranched alkanes of at least 4 members (excludes halogenated alkanes) is 1. The van der Waals surface area contributed by atoms with Crippen molar-refractivity contribution in [1.29, 1.82) is 0 Å². The van der Waals surface area contributed by atoms with E-state index in [-0.39, 0.29) is 0 Å². The first kappa shape index (κ1) is 13.2. The second-order valence-corrected chi connectivity index (χ2v) is 6.12. The lowest BCUT2D eigenvalue weighted by Crippen LogP contribution is -2.16. The Hall–Kier alpha value is 0.177. The monoisotopic (exact) mass is 201 g/mol. The quantitative estimate of drug-likeness (QED) is 0.542. The molecule has 0 aromatic carbocycles. The summed E-state index contributed by atoms with van der Waals surface area (Å²) in [6.07, 6.45) is 6.68. The molecule has 0 heterocycles. The van der Waals surface area contributed by atoms with Crippen LogP contribution in [-0.4, -0.2) is 15.6 Å². The van der Waals surface area contributed by atoms with Gasteiger partial charge in [0, 0.05) is 6.61 Å². The molecule has 0 rings (SSSR count). The largest absolute Gasteiger partial charge is 0.417 e. The third kappa shape index (κ3) is 8.51. The number of hydrogen-bond donors (Lipinski definition) is 0. The maximum atomic E-state index is 5.76. The van der Waals surface area contributed by atoms with Gasteiger partial charge in [0.05, 0.1) is 0 Å². The molecule has 1 unspecified atom stereocenters. The van der Waals surface area contributed by atoms with Crippen molar-refractivity contribution >= 4 is 9.04 Å². The van der Waals surface area contributed by atoms with Crippen molar-refractivity contribution in [3.05, 3.63) is 0 Å². The Labute approximate surface area is 85.6 Å². The van der Waals surface area contributed by atoms with E-state index in [1.807, 2.05) is 0 Å². The molecular formula is C11H25OSi. The van der Waals surface area contributed by atoms with E-state index in [2.05, 4.69) is 26.9 Å². The summed E-state index contributed by atoms with van der Waals surface area (Å²) in [5, 5.41) is 0. The highest BCUT2D eigenvalue weighted by Crippen LogP contribution is 2.15. The first-order valence-corrected chi connectivity index (χ1v) is 8.04. The van der Waals surface area contributed by atoms with Crippen molar-refractivity contribution in [1.82, 2.24) is 0 Å². The van der Waals surface area contributed by atoms with Crippen molar-refractivity contribution in [3.63, 3.8) is 0 Å². The van der Waals surface area contributed by atoms with Gasteiger partial charge in [-0.1, -0.05) is 33.1 Å². The highest BCUT2D eigenvalue weighted by molar-refractivity contribution is 6.48. The molecule has 0 aliphatic heterocycles. The second-order valence-electron chi connectivity index (χ2n) is 4.02. The van der Waals surface area contributed by atoms with Crippen LogP contribution >= 0.6 is 0 Å². The van der Waals surface area contributed by atoms with Crippen LogP contribution in [0, 0.1) is 5.92 Å². The van der Waals surface area contributed by atoms with Gasteiger partial charge in [0.1, 0.15) is 0 Å². The minimum absolute atomic E-state index is 0.472. The van der Waals surface area contributed by atoms with Gasteiger partial charge in [-0.2, -0.15) is 0 Å². The van der Waals surface area contributed by atoms with E-state index in [0.717, 1.165) is 12.5 Å². The molecule has 0 aliphatic carbocycles. The van der Waals surface area contributed by atoms with Crippen LogP contribution in [0.25, 0.3) is 0 Å². The molecule has 1 radical (unpaired) electrons. The average molecular weight is 201 g/mol. The van der Waals surface area contributed by atoms with E-state index in [0.29, 0.717) is 0 Å². The summed E-state index contributed by atoms with van der Waals surface area (Å²) in [6.45, 7) is 9.97. The summed E-state index contributed by atoms with van der Waals surface area (Å²) < 4.78 is 5.76. The summed E-state index contributed by atoms with van der Waals surface area (Å²) in [6, 6.07) is 0. The molecule has 0 N–H and O–H groups in total. The fraction of sp³-hybridized carbons (Fsp3) is 1.00. The summed E-state index contributed by atoms with van der Waals surface area (Å²) >= 11 is 0. The minimum atomic E-state index is -0.472. The number of rotatable bonds is 8. The Balaban J connectivity index is 3.53. The molecule has 79 valence electrons. The van der Waals surface area contributed by atoms with E-state index in [1.165, 1.54) is 32.1 Å².